The molecule has 0 bridgehead atoms. The maximum atomic E-state index is 13.9. The molecule has 3 unspecified atom stereocenters. The molecule has 4 aliphatic rings. The number of hydrogen-bond donors (Lipinski definition) is 1. The fourth-order valence-corrected chi connectivity index (χ4v) is 4.27. The summed E-state index contributed by atoms with van der Waals surface area (Å²) in [5.41, 5.74) is 5.67. The van der Waals surface area contributed by atoms with E-state index in [4.69, 9.17) is 4.99 Å². The molecule has 0 fully saturated rings. The highest BCUT2D eigenvalue weighted by Crippen LogP contribution is 2.27. The predicted molar refractivity (Wildman–Crippen MR) is 162 cm³/mol. The van der Waals surface area contributed by atoms with Crippen LogP contribution in [0.4, 0.5) is 4.39 Å². The van der Waals surface area contributed by atoms with Crippen molar-refractivity contribution in [2.24, 2.45) is 26.9 Å². The fourth-order valence-electron chi connectivity index (χ4n) is 4.27. The molecule has 1 aliphatic carbocycles. The second-order valence-corrected chi connectivity index (χ2v) is 9.05. The Bertz CT molecular complexity index is 1060. The quantitative estimate of drug-likeness (QED) is 0.249. The number of nitrogens with zero attached hydrogens (tertiary/aromatic N) is 4. The van der Waals surface area contributed by atoms with Gasteiger partial charge in [-0.25, -0.2) is 14.4 Å². The van der Waals surface area contributed by atoms with Crippen LogP contribution in [0.2, 0.25) is 0 Å². The van der Waals surface area contributed by atoms with E-state index in [0.717, 1.165) is 29.2 Å². The third-order valence-electron chi connectivity index (χ3n) is 6.37. The van der Waals surface area contributed by atoms with Gasteiger partial charge in [-0.05, 0) is 55.3 Å². The lowest BCUT2D eigenvalue weighted by molar-refractivity contribution is 0.463. The molecule has 206 valence electrons. The summed E-state index contributed by atoms with van der Waals surface area (Å²) < 4.78 is 13.9. The van der Waals surface area contributed by atoms with E-state index in [1.54, 1.807) is 6.08 Å². The molecule has 1 N–H and O–H groups in total. The van der Waals surface area contributed by atoms with Gasteiger partial charge in [0.15, 0.2) is 0 Å². The lowest BCUT2D eigenvalue weighted by Gasteiger charge is -2.28. The van der Waals surface area contributed by atoms with Gasteiger partial charge in [0.2, 0.25) is 0 Å². The maximum absolute atomic E-state index is 13.9. The van der Waals surface area contributed by atoms with Gasteiger partial charge in [-0.2, -0.15) is 5.10 Å². The van der Waals surface area contributed by atoms with Crippen molar-refractivity contribution in [1.29, 1.82) is 0 Å². The smallest absolute Gasteiger partial charge is 0.150 e. The highest BCUT2D eigenvalue weighted by Gasteiger charge is 2.24. The normalized spacial score (nSPS) is 21.9. The fraction of sp³-hybridized carbons (Fsp3) is 0.500. The molecule has 0 aromatic carbocycles. The number of hydrogen-bond acceptors (Lipinski definition) is 5. The van der Waals surface area contributed by atoms with Gasteiger partial charge < -0.3 is 5.32 Å². The van der Waals surface area contributed by atoms with Crippen molar-refractivity contribution in [1.82, 2.24) is 10.3 Å². The van der Waals surface area contributed by atoms with Gasteiger partial charge >= 0.3 is 0 Å². The van der Waals surface area contributed by atoms with Crippen LogP contribution in [0.1, 0.15) is 73.6 Å². The summed E-state index contributed by atoms with van der Waals surface area (Å²) in [5, 5.41) is 10.0. The molecular weight excluding hydrogens is 473 g/mol. The number of allylic oxidation sites excluding steroid dienone is 6. The number of hydrazone groups is 1. The van der Waals surface area contributed by atoms with E-state index >= 15 is 0 Å². The van der Waals surface area contributed by atoms with E-state index in [1.165, 1.54) is 44.3 Å². The minimum absolute atomic E-state index is 0.0207. The van der Waals surface area contributed by atoms with Gasteiger partial charge in [-0.1, -0.05) is 72.5 Å². The first-order valence-corrected chi connectivity index (χ1v) is 14.4. The summed E-state index contributed by atoms with van der Waals surface area (Å²) in [4.78, 5) is 9.50. The van der Waals surface area contributed by atoms with Gasteiger partial charge in [0, 0.05) is 42.6 Å². The van der Waals surface area contributed by atoms with Gasteiger partial charge in [0.05, 0.1) is 12.3 Å². The van der Waals surface area contributed by atoms with Crippen LogP contribution in [-0.2, 0) is 0 Å². The number of rotatable bonds is 9. The van der Waals surface area contributed by atoms with Gasteiger partial charge in [0.1, 0.15) is 11.6 Å². The van der Waals surface area contributed by atoms with E-state index in [0.29, 0.717) is 6.54 Å². The highest BCUT2D eigenvalue weighted by molar-refractivity contribution is 6.00. The van der Waals surface area contributed by atoms with Gasteiger partial charge in [-0.3, -0.25) is 4.99 Å². The first-order chi connectivity index (χ1) is 18.6. The summed E-state index contributed by atoms with van der Waals surface area (Å²) in [6, 6.07) is 0.182. The predicted octanol–water partition coefficient (Wildman–Crippen LogP) is 7.85. The van der Waals surface area contributed by atoms with Crippen molar-refractivity contribution in [3.63, 3.8) is 0 Å². The molecule has 3 heterocycles. The topological polar surface area (TPSA) is 52.4 Å². The summed E-state index contributed by atoms with van der Waals surface area (Å²) in [6.07, 6.45) is 25.1. The molecule has 3 atom stereocenters. The summed E-state index contributed by atoms with van der Waals surface area (Å²) >= 11 is 0. The van der Waals surface area contributed by atoms with Crippen molar-refractivity contribution in [3.05, 3.63) is 77.3 Å². The average Bonchev–Trinajstić information content (AvgIpc) is 3.12. The molecular formula is C32H46FN5. The van der Waals surface area contributed by atoms with Crippen molar-refractivity contribution < 1.29 is 4.39 Å². The number of nitrogens with one attached hydrogen (secondary N) is 1. The molecule has 5 nitrogen and oxygen atoms in total. The second-order valence-electron chi connectivity index (χ2n) is 9.05. The summed E-state index contributed by atoms with van der Waals surface area (Å²) in [6.45, 7) is 13.9. The standard InChI is InChI=1S/C28H34FN5.2C2H6/c1-3-4-5-6-7-14-31-21(2)27-13-15-34-28(33-27)17-25(20-32-34)24-12-11-22-16-26(29)10-8-9-23(22)18-30-19-24;2*1-2/h9-13,15-17,19-21,24-25,31H,3-7,14,18H2,1-2H3;2*1-2H3. The van der Waals surface area contributed by atoms with E-state index in [2.05, 4.69) is 47.1 Å². The van der Waals surface area contributed by atoms with Crippen LogP contribution in [0.5, 0.6) is 0 Å². The van der Waals surface area contributed by atoms with Gasteiger partial charge in [-0.15, -0.1) is 5.73 Å². The second kappa shape index (κ2) is 17.4. The first kappa shape index (κ1) is 31.1. The molecule has 0 saturated heterocycles. The molecule has 38 heavy (non-hydrogen) atoms. The molecule has 4 rings (SSSR count). The zero-order chi connectivity index (χ0) is 27.8. The Morgan fingerprint density at radius 3 is 2.63 bits per heavy atom. The monoisotopic (exact) mass is 519 g/mol. The zero-order valence-electron chi connectivity index (χ0n) is 24.1. The number of fused-ring (bicyclic) bond motifs is 1. The van der Waals surface area contributed by atoms with Crippen molar-refractivity contribution in [3.8, 4) is 0 Å². The van der Waals surface area contributed by atoms with Crippen LogP contribution in [-0.4, -0.2) is 42.3 Å². The van der Waals surface area contributed by atoms with Crippen LogP contribution in [0.3, 0.4) is 0 Å². The van der Waals surface area contributed by atoms with E-state index in [9.17, 15) is 4.39 Å². The maximum Gasteiger partial charge on any atom is 0.150 e. The third kappa shape index (κ3) is 9.34. The molecule has 0 aromatic heterocycles. The molecule has 0 radical (unpaired) electrons. The first-order valence-electron chi connectivity index (χ1n) is 14.4. The number of unbranched alkanes of at least 4 members (excludes halogenated alkanes) is 4. The Morgan fingerprint density at radius 2 is 1.84 bits per heavy atom. The Kier molecular flexibility index (Phi) is 14.3. The van der Waals surface area contributed by atoms with Crippen LogP contribution < -0.4 is 5.32 Å². The van der Waals surface area contributed by atoms with E-state index in [1.807, 2.05) is 63.5 Å². The highest BCUT2D eigenvalue weighted by atomic mass is 19.1. The Hall–Kier alpha value is -3.08. The van der Waals surface area contributed by atoms with E-state index in [-0.39, 0.29) is 23.7 Å². The zero-order valence-corrected chi connectivity index (χ0v) is 24.1. The molecule has 0 amide bonds. The molecule has 0 aromatic rings. The Morgan fingerprint density at radius 1 is 1.05 bits per heavy atom. The van der Waals surface area contributed by atoms with Crippen molar-refractivity contribution in [2.75, 3.05) is 13.1 Å². The molecule has 0 spiro atoms. The van der Waals surface area contributed by atoms with Crippen LogP contribution in [0.15, 0.2) is 92.3 Å². The van der Waals surface area contributed by atoms with Gasteiger partial charge in [0.25, 0.3) is 0 Å². The largest absolute Gasteiger partial charge is 0.309 e. The minimum atomic E-state index is -0.302. The number of halogens is 1. The molecule has 0 saturated carbocycles. The summed E-state index contributed by atoms with van der Waals surface area (Å²) in [7, 11) is 0. The van der Waals surface area contributed by atoms with E-state index < -0.39 is 0 Å². The Balaban J connectivity index is 0.00000121. The van der Waals surface area contributed by atoms with Crippen LogP contribution in [0.25, 0.3) is 0 Å². The number of aliphatic imine (C=N–C) groups is 2. The SMILES string of the molecule is CC.CC.CCCCCCCNC(C)C1=NC2=CC(C3C=CC4=C(C=C=CC(F)=C4)CN=C3)C=NN2C=C1. The van der Waals surface area contributed by atoms with Crippen molar-refractivity contribution >= 4 is 18.1 Å². The molecule has 3 aliphatic heterocycles. The lowest BCUT2D eigenvalue weighted by Crippen LogP contribution is -2.36. The Labute approximate surface area is 229 Å². The van der Waals surface area contributed by atoms with Crippen molar-refractivity contribution in [2.45, 2.75) is 79.7 Å². The average molecular weight is 520 g/mol. The van der Waals surface area contributed by atoms with Crippen LogP contribution in [0, 0.1) is 11.8 Å². The minimum Gasteiger partial charge on any atom is -0.309 e. The lowest BCUT2D eigenvalue weighted by atomic mass is 9.91. The molecule has 6 heteroatoms. The third-order valence-corrected chi connectivity index (χ3v) is 6.37. The van der Waals surface area contributed by atoms with Crippen LogP contribution >= 0.6 is 0 Å². The summed E-state index contributed by atoms with van der Waals surface area (Å²) in [5.74, 6) is 0.578.